The summed E-state index contributed by atoms with van der Waals surface area (Å²) >= 11 is 0. The van der Waals surface area contributed by atoms with E-state index in [2.05, 4.69) is 0 Å². The van der Waals surface area contributed by atoms with E-state index in [0.29, 0.717) is 31.2 Å². The van der Waals surface area contributed by atoms with Crippen LogP contribution in [0.25, 0.3) is 0 Å². The first-order chi connectivity index (χ1) is 10.8. The fraction of sp³-hybridized carbons (Fsp3) is 0.571. The lowest BCUT2D eigenvalue weighted by molar-refractivity contribution is -0.384. The van der Waals surface area contributed by atoms with Crippen molar-refractivity contribution >= 4 is 21.4 Å². The summed E-state index contributed by atoms with van der Waals surface area (Å²) in [6.45, 7) is 1.99. The van der Waals surface area contributed by atoms with Crippen molar-refractivity contribution in [3.05, 3.63) is 28.3 Å². The molecule has 0 amide bonds. The molecule has 1 aliphatic rings. The molecule has 1 aromatic rings. The van der Waals surface area contributed by atoms with Crippen molar-refractivity contribution in [3.8, 4) is 0 Å². The lowest BCUT2D eigenvalue weighted by Crippen LogP contribution is -2.36. The van der Waals surface area contributed by atoms with Crippen LogP contribution in [-0.2, 0) is 10.0 Å². The van der Waals surface area contributed by atoms with Gasteiger partial charge in [0, 0.05) is 33.3 Å². The maximum Gasteiger partial charge on any atom is 0.293 e. The van der Waals surface area contributed by atoms with Gasteiger partial charge >= 0.3 is 0 Å². The number of nitrogens with two attached hydrogens (primary N) is 1. The molecule has 8 nitrogen and oxygen atoms in total. The van der Waals surface area contributed by atoms with Crippen molar-refractivity contribution in [1.82, 2.24) is 4.31 Å². The quantitative estimate of drug-likeness (QED) is 0.632. The van der Waals surface area contributed by atoms with Gasteiger partial charge in [0.05, 0.1) is 9.82 Å². The van der Waals surface area contributed by atoms with Gasteiger partial charge in [-0.1, -0.05) is 0 Å². The van der Waals surface area contributed by atoms with Crippen molar-refractivity contribution in [2.45, 2.75) is 17.7 Å². The molecule has 0 bridgehead atoms. The zero-order valence-electron chi connectivity index (χ0n) is 13.3. The number of nitro groups is 1. The van der Waals surface area contributed by atoms with Crippen LogP contribution in [0.2, 0.25) is 0 Å². The Morgan fingerprint density at radius 2 is 1.96 bits per heavy atom. The molecule has 1 aliphatic heterocycles. The van der Waals surface area contributed by atoms with Crippen LogP contribution in [0.15, 0.2) is 23.1 Å². The summed E-state index contributed by atoms with van der Waals surface area (Å²) in [7, 11) is -0.908. The average Bonchev–Trinajstić information content (AvgIpc) is 2.54. The highest BCUT2D eigenvalue weighted by molar-refractivity contribution is 7.89. The van der Waals surface area contributed by atoms with Crippen molar-refractivity contribution in [2.75, 3.05) is 38.6 Å². The van der Waals surface area contributed by atoms with Crippen LogP contribution in [0.1, 0.15) is 12.8 Å². The van der Waals surface area contributed by atoms with E-state index < -0.39 is 14.9 Å². The van der Waals surface area contributed by atoms with E-state index in [0.717, 1.165) is 23.2 Å². The molecule has 1 fully saturated rings. The fourth-order valence-corrected chi connectivity index (χ4v) is 3.62. The molecule has 23 heavy (non-hydrogen) atoms. The lowest BCUT2D eigenvalue weighted by Gasteiger charge is -2.32. The highest BCUT2D eigenvalue weighted by Gasteiger charge is 2.27. The molecular weight excluding hydrogens is 320 g/mol. The minimum Gasteiger partial charge on any atom is -0.366 e. The molecule has 1 saturated heterocycles. The van der Waals surface area contributed by atoms with Crippen molar-refractivity contribution in [2.24, 2.45) is 11.7 Å². The standard InChI is InChI=1S/C14H22N4O4S/c1-16(2)23(21,22)12-3-4-13(14(9-12)18(19)20)17-7-5-11(10-15)6-8-17/h3-4,9,11H,5-8,10,15H2,1-2H3. The summed E-state index contributed by atoms with van der Waals surface area (Å²) in [5.74, 6) is 0.443. The number of hydrogen-bond donors (Lipinski definition) is 1. The minimum atomic E-state index is -3.70. The van der Waals surface area contributed by atoms with Crippen LogP contribution in [0.3, 0.4) is 0 Å². The Bertz CT molecular complexity index is 682. The van der Waals surface area contributed by atoms with Gasteiger partial charge in [0.25, 0.3) is 5.69 Å². The van der Waals surface area contributed by atoms with Gasteiger partial charge in [0.1, 0.15) is 5.69 Å². The number of hydrogen-bond acceptors (Lipinski definition) is 6. The second kappa shape index (κ2) is 6.81. The smallest absolute Gasteiger partial charge is 0.293 e. The van der Waals surface area contributed by atoms with Crippen LogP contribution >= 0.6 is 0 Å². The Balaban J connectivity index is 2.37. The van der Waals surface area contributed by atoms with Gasteiger partial charge in [0.15, 0.2) is 0 Å². The second-order valence-electron chi connectivity index (χ2n) is 5.86. The Hall–Kier alpha value is -1.71. The number of nitro benzene ring substituents is 1. The molecule has 1 aromatic carbocycles. The van der Waals surface area contributed by atoms with Gasteiger partial charge in [-0.05, 0) is 37.4 Å². The number of anilines is 1. The van der Waals surface area contributed by atoms with Gasteiger partial charge in [-0.2, -0.15) is 0 Å². The Morgan fingerprint density at radius 1 is 1.35 bits per heavy atom. The van der Waals surface area contributed by atoms with E-state index in [1.54, 1.807) is 0 Å². The third kappa shape index (κ3) is 3.62. The molecule has 9 heteroatoms. The zero-order chi connectivity index (χ0) is 17.2. The topological polar surface area (TPSA) is 110 Å². The van der Waals surface area contributed by atoms with Crippen molar-refractivity contribution in [1.29, 1.82) is 0 Å². The van der Waals surface area contributed by atoms with Gasteiger partial charge in [-0.15, -0.1) is 0 Å². The predicted octanol–water partition coefficient (Wildman–Crippen LogP) is 1.02. The second-order valence-corrected chi connectivity index (χ2v) is 8.01. The molecule has 0 aliphatic carbocycles. The summed E-state index contributed by atoms with van der Waals surface area (Å²) < 4.78 is 25.3. The Kier molecular flexibility index (Phi) is 5.23. The third-order valence-electron chi connectivity index (χ3n) is 4.21. The number of sulfonamides is 1. The molecule has 2 N–H and O–H groups in total. The Morgan fingerprint density at radius 3 is 2.43 bits per heavy atom. The summed E-state index contributed by atoms with van der Waals surface area (Å²) in [4.78, 5) is 12.7. The van der Waals surface area contributed by atoms with Crippen LogP contribution < -0.4 is 10.6 Å². The first-order valence-electron chi connectivity index (χ1n) is 7.43. The molecule has 2 rings (SSSR count). The average molecular weight is 342 g/mol. The van der Waals surface area contributed by atoms with Crippen molar-refractivity contribution < 1.29 is 13.3 Å². The molecule has 0 atom stereocenters. The SMILES string of the molecule is CN(C)S(=O)(=O)c1ccc(N2CCC(CN)CC2)c([N+](=O)[O-])c1. The number of rotatable bonds is 5. The third-order valence-corrected chi connectivity index (χ3v) is 6.02. The Labute approximate surface area is 136 Å². The number of piperidine rings is 1. The molecule has 0 saturated carbocycles. The number of nitrogens with zero attached hydrogens (tertiary/aromatic N) is 3. The fourth-order valence-electron chi connectivity index (χ4n) is 2.70. The monoisotopic (exact) mass is 342 g/mol. The van der Waals surface area contributed by atoms with Crippen LogP contribution in [-0.4, -0.2) is 51.4 Å². The first-order valence-corrected chi connectivity index (χ1v) is 8.87. The largest absolute Gasteiger partial charge is 0.366 e. The summed E-state index contributed by atoms with van der Waals surface area (Å²) in [5.41, 5.74) is 5.94. The van der Waals surface area contributed by atoms with E-state index >= 15 is 0 Å². The molecule has 128 valence electrons. The lowest BCUT2D eigenvalue weighted by atomic mass is 9.96. The molecule has 0 spiro atoms. The first kappa shape index (κ1) is 17.6. The summed E-state index contributed by atoms with van der Waals surface area (Å²) in [6, 6.07) is 4.09. The summed E-state index contributed by atoms with van der Waals surface area (Å²) in [5, 5.41) is 11.4. The minimum absolute atomic E-state index is 0.0743. The van der Waals surface area contributed by atoms with Gasteiger partial charge in [-0.25, -0.2) is 12.7 Å². The predicted molar refractivity (Wildman–Crippen MR) is 88.0 cm³/mol. The molecule has 1 heterocycles. The molecule has 0 unspecified atom stereocenters. The maximum absolute atomic E-state index is 12.2. The van der Waals surface area contributed by atoms with Crippen LogP contribution in [0.4, 0.5) is 11.4 Å². The van der Waals surface area contributed by atoms with Crippen LogP contribution in [0, 0.1) is 16.0 Å². The maximum atomic E-state index is 12.2. The molecule has 0 aromatic heterocycles. The molecular formula is C14H22N4O4S. The van der Waals surface area contributed by atoms with E-state index in [1.807, 2.05) is 4.90 Å². The van der Waals surface area contributed by atoms with Gasteiger partial charge in [-0.3, -0.25) is 10.1 Å². The normalized spacial score (nSPS) is 16.8. The van der Waals surface area contributed by atoms with Crippen molar-refractivity contribution in [3.63, 3.8) is 0 Å². The van der Waals surface area contributed by atoms with Crippen LogP contribution in [0.5, 0.6) is 0 Å². The van der Waals surface area contributed by atoms with E-state index in [-0.39, 0.29) is 10.6 Å². The zero-order valence-corrected chi connectivity index (χ0v) is 14.1. The van der Waals surface area contributed by atoms with E-state index in [1.165, 1.54) is 26.2 Å². The highest BCUT2D eigenvalue weighted by Crippen LogP contribution is 2.33. The van der Waals surface area contributed by atoms with E-state index in [4.69, 9.17) is 5.73 Å². The van der Waals surface area contributed by atoms with Gasteiger partial charge < -0.3 is 10.6 Å². The molecule has 0 radical (unpaired) electrons. The van der Waals surface area contributed by atoms with Gasteiger partial charge in [0.2, 0.25) is 10.0 Å². The summed E-state index contributed by atoms with van der Waals surface area (Å²) in [6.07, 6.45) is 1.76. The van der Waals surface area contributed by atoms with E-state index in [9.17, 15) is 18.5 Å². The highest BCUT2D eigenvalue weighted by atomic mass is 32.2. The number of benzene rings is 1.